The molecule has 1 aromatic rings. The summed E-state index contributed by atoms with van der Waals surface area (Å²) in [6.45, 7) is 1.93. The summed E-state index contributed by atoms with van der Waals surface area (Å²) in [4.78, 5) is 24.4. The van der Waals surface area contributed by atoms with Crippen molar-refractivity contribution >= 4 is 28.5 Å². The van der Waals surface area contributed by atoms with Crippen LogP contribution in [0.1, 0.15) is 13.3 Å². The molecule has 0 aliphatic carbocycles. The Labute approximate surface area is 121 Å². The van der Waals surface area contributed by atoms with Crippen LogP contribution in [-0.4, -0.2) is 30.4 Å². The van der Waals surface area contributed by atoms with Crippen LogP contribution < -0.4 is 9.64 Å². The average Bonchev–Trinajstić information content (AvgIpc) is 2.78. The molecular weight excluding hydrogens is 281 g/mol. The highest BCUT2D eigenvalue weighted by atomic mass is 32.2. The maximum Gasteiger partial charge on any atom is 0.227 e. The number of carbonyl (C=O) groups excluding carboxylic acids is 2. The number of hydrogen-bond donors (Lipinski definition) is 0. The lowest BCUT2D eigenvalue weighted by molar-refractivity contribution is -0.117. The van der Waals surface area contributed by atoms with Crippen LogP contribution in [-0.2, 0) is 9.59 Å². The molecule has 1 aliphatic heterocycles. The fourth-order valence-corrected chi connectivity index (χ4v) is 2.88. The number of rotatable bonds is 4. The zero-order valence-electron chi connectivity index (χ0n) is 11.4. The average molecular weight is 297 g/mol. The normalized spacial score (nSPS) is 18.4. The molecule has 0 spiro atoms. The van der Waals surface area contributed by atoms with Crippen LogP contribution in [0, 0.1) is 11.7 Å². The molecule has 1 fully saturated rings. The minimum absolute atomic E-state index is 0.0310. The fraction of sp³-hybridized carbons (Fsp3) is 0.429. The maximum atomic E-state index is 13.9. The van der Waals surface area contributed by atoms with E-state index in [9.17, 15) is 14.0 Å². The highest BCUT2D eigenvalue weighted by Crippen LogP contribution is 2.31. The quantitative estimate of drug-likeness (QED) is 0.856. The summed E-state index contributed by atoms with van der Waals surface area (Å²) >= 11 is 1.20. The summed E-state index contributed by atoms with van der Waals surface area (Å²) in [6, 6.07) is 4.33. The summed E-state index contributed by atoms with van der Waals surface area (Å²) < 4.78 is 18.9. The first-order valence-corrected chi connectivity index (χ1v) is 7.27. The van der Waals surface area contributed by atoms with Crippen molar-refractivity contribution in [3.8, 4) is 5.75 Å². The van der Waals surface area contributed by atoms with Gasteiger partial charge in [0.2, 0.25) is 5.91 Å². The van der Waals surface area contributed by atoms with Gasteiger partial charge in [-0.05, 0) is 18.1 Å². The monoisotopic (exact) mass is 297 g/mol. The van der Waals surface area contributed by atoms with Crippen molar-refractivity contribution in [2.75, 3.05) is 24.3 Å². The van der Waals surface area contributed by atoms with E-state index in [1.807, 2.05) is 0 Å². The molecule has 1 unspecified atom stereocenters. The van der Waals surface area contributed by atoms with E-state index in [-0.39, 0.29) is 22.6 Å². The molecule has 0 saturated carbocycles. The van der Waals surface area contributed by atoms with Gasteiger partial charge in [0.05, 0.1) is 12.8 Å². The van der Waals surface area contributed by atoms with Crippen molar-refractivity contribution in [3.63, 3.8) is 0 Å². The van der Waals surface area contributed by atoms with E-state index in [0.29, 0.717) is 24.5 Å². The third-order valence-electron chi connectivity index (χ3n) is 3.17. The predicted molar refractivity (Wildman–Crippen MR) is 76.6 cm³/mol. The van der Waals surface area contributed by atoms with Gasteiger partial charge in [0, 0.05) is 31.7 Å². The van der Waals surface area contributed by atoms with Crippen LogP contribution >= 0.6 is 11.8 Å². The van der Waals surface area contributed by atoms with Gasteiger partial charge in [-0.1, -0.05) is 11.8 Å². The van der Waals surface area contributed by atoms with E-state index in [1.165, 1.54) is 48.9 Å². The number of thioether (sulfide) groups is 1. The van der Waals surface area contributed by atoms with Gasteiger partial charge < -0.3 is 9.64 Å². The smallest absolute Gasteiger partial charge is 0.227 e. The summed E-state index contributed by atoms with van der Waals surface area (Å²) in [5.74, 6) is 0.603. The van der Waals surface area contributed by atoms with E-state index in [2.05, 4.69) is 0 Å². The van der Waals surface area contributed by atoms with Crippen LogP contribution in [0.25, 0.3) is 0 Å². The lowest BCUT2D eigenvalue weighted by Gasteiger charge is -2.18. The lowest BCUT2D eigenvalue weighted by Crippen LogP contribution is -2.25. The Morgan fingerprint density at radius 1 is 1.55 bits per heavy atom. The Morgan fingerprint density at radius 3 is 2.95 bits per heavy atom. The second kappa shape index (κ2) is 6.26. The van der Waals surface area contributed by atoms with Gasteiger partial charge in [-0.2, -0.15) is 0 Å². The summed E-state index contributed by atoms with van der Waals surface area (Å²) in [5.41, 5.74) is 0.240. The molecule has 4 nitrogen and oxygen atoms in total. The molecule has 20 heavy (non-hydrogen) atoms. The van der Waals surface area contributed by atoms with E-state index in [1.54, 1.807) is 0 Å². The van der Waals surface area contributed by atoms with Crippen LogP contribution in [0.2, 0.25) is 0 Å². The molecule has 2 rings (SSSR count). The number of benzene rings is 1. The molecule has 0 bridgehead atoms. The van der Waals surface area contributed by atoms with Crippen molar-refractivity contribution in [1.29, 1.82) is 0 Å². The minimum Gasteiger partial charge on any atom is -0.497 e. The Balaban J connectivity index is 2.13. The molecule has 0 N–H and O–H groups in total. The molecule has 1 saturated heterocycles. The summed E-state index contributed by atoms with van der Waals surface area (Å²) in [6.07, 6.45) is 0.344. The van der Waals surface area contributed by atoms with Crippen molar-refractivity contribution in [3.05, 3.63) is 24.0 Å². The maximum absolute atomic E-state index is 13.9. The SMILES string of the molecule is COc1ccc(F)c(N2CC(CSC(C)=O)CC2=O)c1. The van der Waals surface area contributed by atoms with Gasteiger partial charge in [-0.15, -0.1) is 0 Å². The molecular formula is C14H16FNO3S. The molecule has 6 heteroatoms. The molecule has 1 atom stereocenters. The van der Waals surface area contributed by atoms with Gasteiger partial charge >= 0.3 is 0 Å². The highest BCUT2D eigenvalue weighted by Gasteiger charge is 2.32. The van der Waals surface area contributed by atoms with Crippen molar-refractivity contribution in [2.24, 2.45) is 5.92 Å². The van der Waals surface area contributed by atoms with Crippen molar-refractivity contribution in [2.45, 2.75) is 13.3 Å². The van der Waals surface area contributed by atoms with Gasteiger partial charge in [0.15, 0.2) is 5.12 Å². The summed E-state index contributed by atoms with van der Waals surface area (Å²) in [5, 5.41) is 0.0310. The largest absolute Gasteiger partial charge is 0.497 e. The number of methoxy groups -OCH3 is 1. The van der Waals surface area contributed by atoms with E-state index in [4.69, 9.17) is 4.74 Å². The Hall–Kier alpha value is -1.56. The van der Waals surface area contributed by atoms with Gasteiger partial charge in [-0.3, -0.25) is 9.59 Å². The van der Waals surface area contributed by atoms with Gasteiger partial charge in [-0.25, -0.2) is 4.39 Å². The van der Waals surface area contributed by atoms with Crippen LogP contribution in [0.5, 0.6) is 5.75 Å². The van der Waals surface area contributed by atoms with Crippen molar-refractivity contribution in [1.82, 2.24) is 0 Å². The van der Waals surface area contributed by atoms with Crippen LogP contribution in [0.3, 0.4) is 0 Å². The first-order valence-electron chi connectivity index (χ1n) is 6.28. The zero-order chi connectivity index (χ0) is 14.7. The standard InChI is InChI=1S/C14H16FNO3S/c1-9(17)20-8-10-5-14(18)16(7-10)13-6-11(19-2)3-4-12(13)15/h3-4,6,10H,5,7-8H2,1-2H3. The molecule has 0 aromatic heterocycles. The second-order valence-corrected chi connectivity index (χ2v) is 5.89. The minimum atomic E-state index is -0.445. The predicted octanol–water partition coefficient (Wildman–Crippen LogP) is 2.47. The molecule has 1 aliphatic rings. The fourth-order valence-electron chi connectivity index (χ4n) is 2.19. The third kappa shape index (κ3) is 3.30. The molecule has 1 heterocycles. The van der Waals surface area contributed by atoms with E-state index >= 15 is 0 Å². The zero-order valence-corrected chi connectivity index (χ0v) is 12.2. The van der Waals surface area contributed by atoms with Crippen LogP contribution in [0.15, 0.2) is 18.2 Å². The molecule has 1 amide bonds. The Kier molecular flexibility index (Phi) is 4.65. The number of halogens is 1. The molecule has 108 valence electrons. The highest BCUT2D eigenvalue weighted by molar-refractivity contribution is 8.13. The third-order valence-corrected chi connectivity index (χ3v) is 4.22. The topological polar surface area (TPSA) is 46.6 Å². The number of nitrogens with zero attached hydrogens (tertiary/aromatic N) is 1. The second-order valence-electron chi connectivity index (χ2n) is 4.69. The van der Waals surface area contributed by atoms with Gasteiger partial charge in [0.25, 0.3) is 0 Å². The van der Waals surface area contributed by atoms with Crippen molar-refractivity contribution < 1.29 is 18.7 Å². The Bertz CT molecular complexity index is 535. The summed E-state index contributed by atoms with van der Waals surface area (Å²) in [7, 11) is 1.50. The first-order chi connectivity index (χ1) is 9.51. The number of anilines is 1. The number of carbonyl (C=O) groups is 2. The Morgan fingerprint density at radius 2 is 2.30 bits per heavy atom. The molecule has 1 aromatic carbocycles. The van der Waals surface area contributed by atoms with Crippen LogP contribution in [0.4, 0.5) is 10.1 Å². The van der Waals surface area contributed by atoms with E-state index < -0.39 is 5.82 Å². The number of hydrogen-bond acceptors (Lipinski definition) is 4. The first kappa shape index (κ1) is 14.8. The molecule has 0 radical (unpaired) electrons. The van der Waals surface area contributed by atoms with E-state index in [0.717, 1.165) is 0 Å². The van der Waals surface area contributed by atoms with Gasteiger partial charge in [0.1, 0.15) is 11.6 Å². The number of ether oxygens (including phenoxy) is 1. The lowest BCUT2D eigenvalue weighted by atomic mass is 10.1. The number of amides is 1.